The van der Waals surface area contributed by atoms with Gasteiger partial charge in [-0.2, -0.15) is 0 Å². The van der Waals surface area contributed by atoms with Crippen LogP contribution < -0.4 is 5.32 Å². The molecule has 1 aromatic carbocycles. The van der Waals surface area contributed by atoms with E-state index in [0.717, 1.165) is 5.69 Å². The molecule has 0 radical (unpaired) electrons. The van der Waals surface area contributed by atoms with Gasteiger partial charge in [0.25, 0.3) is 5.91 Å². The minimum atomic E-state index is -0.401. The molecule has 1 saturated heterocycles. The van der Waals surface area contributed by atoms with Crippen molar-refractivity contribution in [3.8, 4) is 0 Å². The third-order valence-corrected chi connectivity index (χ3v) is 4.60. The quantitative estimate of drug-likeness (QED) is 0.763. The molecular formula is C20H23N3O5. The number of nitrogens with one attached hydrogen (secondary N) is 1. The lowest BCUT2D eigenvalue weighted by atomic mass is 10.2. The summed E-state index contributed by atoms with van der Waals surface area (Å²) in [5.74, 6) is -0.203. The molecule has 28 heavy (non-hydrogen) atoms. The highest BCUT2D eigenvalue weighted by molar-refractivity contribution is 5.92. The van der Waals surface area contributed by atoms with Crippen LogP contribution >= 0.6 is 0 Å². The SMILES string of the molecule is COC(=O)c1cccc(NCCC(=O)N2CCN(C(=O)c3ccco3)CC2)c1. The van der Waals surface area contributed by atoms with Gasteiger partial charge in [-0.25, -0.2) is 4.79 Å². The van der Waals surface area contributed by atoms with Crippen molar-refractivity contribution in [3.63, 3.8) is 0 Å². The van der Waals surface area contributed by atoms with E-state index in [2.05, 4.69) is 5.32 Å². The lowest BCUT2D eigenvalue weighted by Gasteiger charge is -2.34. The van der Waals surface area contributed by atoms with Gasteiger partial charge in [-0.05, 0) is 30.3 Å². The first-order chi connectivity index (χ1) is 13.6. The zero-order valence-electron chi connectivity index (χ0n) is 15.7. The molecule has 1 fully saturated rings. The summed E-state index contributed by atoms with van der Waals surface area (Å²) in [5.41, 5.74) is 1.21. The molecule has 2 amide bonds. The highest BCUT2D eigenvalue weighted by Crippen LogP contribution is 2.13. The first kappa shape index (κ1) is 19.5. The van der Waals surface area contributed by atoms with E-state index in [0.29, 0.717) is 50.5 Å². The van der Waals surface area contributed by atoms with Gasteiger partial charge in [0.05, 0.1) is 18.9 Å². The molecule has 2 aromatic rings. The van der Waals surface area contributed by atoms with Gasteiger partial charge in [0.1, 0.15) is 0 Å². The Balaban J connectivity index is 1.43. The lowest BCUT2D eigenvalue weighted by Crippen LogP contribution is -2.50. The summed E-state index contributed by atoms with van der Waals surface area (Å²) in [6.45, 7) is 2.43. The van der Waals surface area contributed by atoms with Crippen LogP contribution in [0.2, 0.25) is 0 Å². The molecule has 1 aliphatic rings. The van der Waals surface area contributed by atoms with Crippen molar-refractivity contribution in [2.24, 2.45) is 0 Å². The molecule has 0 bridgehead atoms. The van der Waals surface area contributed by atoms with Gasteiger partial charge < -0.3 is 24.3 Å². The van der Waals surface area contributed by atoms with Crippen molar-refractivity contribution in [1.29, 1.82) is 0 Å². The predicted molar refractivity (Wildman–Crippen MR) is 102 cm³/mol. The summed E-state index contributed by atoms with van der Waals surface area (Å²) in [7, 11) is 1.34. The van der Waals surface area contributed by atoms with Crippen LogP contribution in [0.3, 0.4) is 0 Å². The van der Waals surface area contributed by atoms with Crippen molar-refractivity contribution >= 4 is 23.5 Å². The van der Waals surface area contributed by atoms with E-state index in [1.165, 1.54) is 13.4 Å². The second-order valence-corrected chi connectivity index (χ2v) is 6.40. The topological polar surface area (TPSA) is 92.1 Å². The Morgan fingerprint density at radius 3 is 2.50 bits per heavy atom. The van der Waals surface area contributed by atoms with Crippen LogP contribution in [0.5, 0.6) is 0 Å². The fraction of sp³-hybridized carbons (Fsp3) is 0.350. The average Bonchev–Trinajstić information content (AvgIpc) is 3.28. The normalized spacial score (nSPS) is 13.9. The Kier molecular flexibility index (Phi) is 6.31. The van der Waals surface area contributed by atoms with Crippen LogP contribution in [0.1, 0.15) is 27.3 Å². The molecule has 2 heterocycles. The third-order valence-electron chi connectivity index (χ3n) is 4.60. The monoisotopic (exact) mass is 385 g/mol. The molecule has 0 saturated carbocycles. The summed E-state index contributed by atoms with van der Waals surface area (Å²) in [6.07, 6.45) is 1.80. The number of carbonyl (C=O) groups is 3. The molecule has 148 valence electrons. The van der Waals surface area contributed by atoms with E-state index >= 15 is 0 Å². The molecule has 0 atom stereocenters. The molecule has 0 aliphatic carbocycles. The number of hydrogen-bond acceptors (Lipinski definition) is 6. The van der Waals surface area contributed by atoms with E-state index in [1.54, 1.807) is 40.1 Å². The second-order valence-electron chi connectivity index (χ2n) is 6.40. The van der Waals surface area contributed by atoms with Crippen LogP contribution in [0.4, 0.5) is 5.69 Å². The number of hydrogen-bond donors (Lipinski definition) is 1. The van der Waals surface area contributed by atoms with Crippen molar-refractivity contribution in [2.75, 3.05) is 45.2 Å². The molecule has 1 aliphatic heterocycles. The van der Waals surface area contributed by atoms with Crippen LogP contribution in [0, 0.1) is 0 Å². The number of methoxy groups -OCH3 is 1. The standard InChI is InChI=1S/C20H23N3O5/c1-27-20(26)15-4-2-5-16(14-15)21-8-7-18(24)22-9-11-23(12-10-22)19(25)17-6-3-13-28-17/h2-6,13-14,21H,7-12H2,1H3. The number of anilines is 1. The maximum absolute atomic E-state index is 12.4. The summed E-state index contributed by atoms with van der Waals surface area (Å²) < 4.78 is 9.84. The van der Waals surface area contributed by atoms with Gasteiger partial charge in [0.15, 0.2) is 5.76 Å². The summed E-state index contributed by atoms with van der Waals surface area (Å²) in [5, 5.41) is 3.15. The molecule has 3 rings (SSSR count). The number of esters is 1. The zero-order chi connectivity index (χ0) is 19.9. The van der Waals surface area contributed by atoms with Gasteiger partial charge in [0.2, 0.25) is 5.91 Å². The third kappa shape index (κ3) is 4.70. The van der Waals surface area contributed by atoms with Crippen molar-refractivity contribution in [3.05, 3.63) is 54.0 Å². The molecular weight excluding hydrogens is 362 g/mol. The molecule has 1 N–H and O–H groups in total. The number of rotatable bonds is 6. The number of ether oxygens (including phenoxy) is 1. The molecule has 8 nitrogen and oxygen atoms in total. The number of nitrogens with zero attached hydrogens (tertiary/aromatic N) is 2. The Bertz CT molecular complexity index is 826. The molecule has 1 aromatic heterocycles. The number of carbonyl (C=O) groups excluding carboxylic acids is 3. The van der Waals surface area contributed by atoms with E-state index in [4.69, 9.17) is 9.15 Å². The van der Waals surface area contributed by atoms with Gasteiger partial charge in [-0.15, -0.1) is 0 Å². The first-order valence-corrected chi connectivity index (χ1v) is 9.11. The van der Waals surface area contributed by atoms with E-state index in [9.17, 15) is 14.4 Å². The number of piperazine rings is 1. The Hall–Kier alpha value is -3.29. The molecule has 0 spiro atoms. The number of amides is 2. The molecule has 8 heteroatoms. The van der Waals surface area contributed by atoms with E-state index < -0.39 is 5.97 Å². The van der Waals surface area contributed by atoms with Crippen LogP contribution in [0.15, 0.2) is 47.1 Å². The number of furan rings is 1. The predicted octanol–water partition coefficient (Wildman–Crippen LogP) is 1.85. The van der Waals surface area contributed by atoms with Gasteiger partial charge >= 0.3 is 5.97 Å². The fourth-order valence-corrected chi connectivity index (χ4v) is 3.06. The summed E-state index contributed by atoms with van der Waals surface area (Å²) in [6, 6.07) is 10.3. The van der Waals surface area contributed by atoms with Gasteiger partial charge in [-0.1, -0.05) is 6.07 Å². The van der Waals surface area contributed by atoms with Crippen LogP contribution in [-0.2, 0) is 9.53 Å². The Morgan fingerprint density at radius 2 is 1.82 bits per heavy atom. The minimum absolute atomic E-state index is 0.0294. The molecule has 0 unspecified atom stereocenters. The fourth-order valence-electron chi connectivity index (χ4n) is 3.06. The Morgan fingerprint density at radius 1 is 1.07 bits per heavy atom. The highest BCUT2D eigenvalue weighted by atomic mass is 16.5. The number of benzene rings is 1. The largest absolute Gasteiger partial charge is 0.465 e. The van der Waals surface area contributed by atoms with Crippen molar-refractivity contribution in [1.82, 2.24) is 9.80 Å². The average molecular weight is 385 g/mol. The first-order valence-electron chi connectivity index (χ1n) is 9.11. The second kappa shape index (κ2) is 9.07. The highest BCUT2D eigenvalue weighted by Gasteiger charge is 2.25. The van der Waals surface area contributed by atoms with E-state index in [1.807, 2.05) is 6.07 Å². The minimum Gasteiger partial charge on any atom is -0.465 e. The smallest absolute Gasteiger partial charge is 0.337 e. The van der Waals surface area contributed by atoms with Gasteiger partial charge in [0, 0.05) is 44.8 Å². The summed E-state index contributed by atoms with van der Waals surface area (Å²) in [4.78, 5) is 39.7. The van der Waals surface area contributed by atoms with Crippen LogP contribution in [0.25, 0.3) is 0 Å². The zero-order valence-corrected chi connectivity index (χ0v) is 15.7. The summed E-state index contributed by atoms with van der Waals surface area (Å²) >= 11 is 0. The Labute approximate surface area is 163 Å². The van der Waals surface area contributed by atoms with Crippen molar-refractivity contribution in [2.45, 2.75) is 6.42 Å². The lowest BCUT2D eigenvalue weighted by molar-refractivity contribution is -0.132. The van der Waals surface area contributed by atoms with Gasteiger partial charge in [-0.3, -0.25) is 9.59 Å². The van der Waals surface area contributed by atoms with E-state index in [-0.39, 0.29) is 11.8 Å². The maximum Gasteiger partial charge on any atom is 0.337 e. The van der Waals surface area contributed by atoms with Crippen LogP contribution in [-0.4, -0.2) is 67.4 Å². The maximum atomic E-state index is 12.4. The van der Waals surface area contributed by atoms with Crippen molar-refractivity contribution < 1.29 is 23.5 Å².